The Morgan fingerprint density at radius 1 is 1.25 bits per heavy atom. The van der Waals surface area contributed by atoms with Gasteiger partial charge in [0.25, 0.3) is 0 Å². The van der Waals surface area contributed by atoms with Gasteiger partial charge in [0.2, 0.25) is 0 Å². The number of carbonyl (C=O) groups is 2. The summed E-state index contributed by atoms with van der Waals surface area (Å²) in [6, 6.07) is 0.0267. The third-order valence-electron chi connectivity index (χ3n) is 3.59. The zero-order valence-electron chi connectivity index (χ0n) is 12.3. The van der Waals surface area contributed by atoms with Crippen LogP contribution in [0.1, 0.15) is 39.0 Å². The first-order valence-electron chi connectivity index (χ1n) is 7.45. The van der Waals surface area contributed by atoms with Crippen LogP contribution in [0.2, 0.25) is 0 Å². The molecule has 0 aromatic carbocycles. The molecule has 0 aliphatic carbocycles. The first-order valence-corrected chi connectivity index (χ1v) is 8.61. The summed E-state index contributed by atoms with van der Waals surface area (Å²) in [7, 11) is 0. The molecule has 1 atom stereocenters. The molecule has 1 unspecified atom stereocenters. The number of rotatable bonds is 8. The number of nitrogens with one attached hydrogen (secondary N) is 1. The number of hydrogen-bond donors (Lipinski definition) is 2. The van der Waals surface area contributed by atoms with Gasteiger partial charge in [0.1, 0.15) is 0 Å². The van der Waals surface area contributed by atoms with Crippen molar-refractivity contribution < 1.29 is 14.7 Å². The van der Waals surface area contributed by atoms with E-state index in [-0.39, 0.29) is 12.5 Å². The topological polar surface area (TPSA) is 69.6 Å². The summed E-state index contributed by atoms with van der Waals surface area (Å²) >= 11 is 1.88. The van der Waals surface area contributed by atoms with E-state index in [1.165, 1.54) is 0 Å². The molecular formula is C14H26N2O3S. The van der Waals surface area contributed by atoms with Crippen LogP contribution in [0.4, 0.5) is 4.79 Å². The fourth-order valence-electron chi connectivity index (χ4n) is 2.43. The van der Waals surface area contributed by atoms with Crippen LogP contribution < -0.4 is 5.32 Å². The highest BCUT2D eigenvalue weighted by Gasteiger charge is 2.16. The molecule has 1 heterocycles. The largest absolute Gasteiger partial charge is 0.481 e. The predicted molar refractivity (Wildman–Crippen MR) is 82.2 cm³/mol. The molecule has 6 heteroatoms. The number of carboxylic acids is 1. The molecule has 1 aliphatic rings. The van der Waals surface area contributed by atoms with Gasteiger partial charge in [0, 0.05) is 37.6 Å². The molecule has 0 radical (unpaired) electrons. The fraction of sp³-hybridized carbons (Fsp3) is 0.857. The molecule has 0 saturated carbocycles. The summed E-state index contributed by atoms with van der Waals surface area (Å²) in [4.78, 5) is 24.4. The van der Waals surface area contributed by atoms with Crippen molar-refractivity contribution in [3.05, 3.63) is 0 Å². The highest BCUT2D eigenvalue weighted by molar-refractivity contribution is 7.99. The van der Waals surface area contributed by atoms with Gasteiger partial charge in [0.05, 0.1) is 0 Å². The average Bonchev–Trinajstić information content (AvgIpc) is 2.45. The zero-order chi connectivity index (χ0) is 14.8. The molecule has 1 fully saturated rings. The molecule has 2 N–H and O–H groups in total. The van der Waals surface area contributed by atoms with Crippen molar-refractivity contribution in [1.29, 1.82) is 0 Å². The number of aliphatic carboxylic acids is 1. The molecule has 5 nitrogen and oxygen atoms in total. The Morgan fingerprint density at radius 3 is 2.55 bits per heavy atom. The van der Waals surface area contributed by atoms with E-state index in [4.69, 9.17) is 5.11 Å². The number of hydrogen-bond acceptors (Lipinski definition) is 3. The lowest BCUT2D eigenvalue weighted by Crippen LogP contribution is -2.44. The Labute approximate surface area is 125 Å². The lowest BCUT2D eigenvalue weighted by Gasteiger charge is -2.27. The normalized spacial score (nSPS) is 16.8. The van der Waals surface area contributed by atoms with Crippen LogP contribution in [-0.4, -0.2) is 53.1 Å². The van der Waals surface area contributed by atoms with Crippen LogP contribution in [0, 0.1) is 5.92 Å². The van der Waals surface area contributed by atoms with Crippen LogP contribution >= 0.6 is 11.8 Å². The van der Waals surface area contributed by atoms with Crippen molar-refractivity contribution >= 4 is 23.8 Å². The zero-order valence-corrected chi connectivity index (χ0v) is 13.1. The quantitative estimate of drug-likeness (QED) is 0.722. The van der Waals surface area contributed by atoms with E-state index < -0.39 is 5.97 Å². The summed E-state index contributed by atoms with van der Waals surface area (Å²) < 4.78 is 0. The van der Waals surface area contributed by atoms with Crippen molar-refractivity contribution in [2.75, 3.05) is 31.1 Å². The van der Waals surface area contributed by atoms with Crippen molar-refractivity contribution in [3.8, 4) is 0 Å². The minimum absolute atomic E-state index is 0.0267. The third kappa shape index (κ3) is 7.03. The fourth-order valence-corrected chi connectivity index (χ4v) is 3.33. The highest BCUT2D eigenvalue weighted by Crippen LogP contribution is 2.17. The van der Waals surface area contributed by atoms with Crippen LogP contribution in [0.25, 0.3) is 0 Å². The van der Waals surface area contributed by atoms with Crippen LogP contribution in [-0.2, 0) is 4.79 Å². The second-order valence-electron chi connectivity index (χ2n) is 5.21. The number of carbonyl (C=O) groups excluding carboxylic acids is 1. The highest BCUT2D eigenvalue weighted by atomic mass is 32.2. The maximum atomic E-state index is 11.9. The van der Waals surface area contributed by atoms with Gasteiger partial charge in [-0.1, -0.05) is 19.8 Å². The molecular weight excluding hydrogens is 276 g/mol. The Morgan fingerprint density at radius 2 is 1.95 bits per heavy atom. The maximum Gasteiger partial charge on any atom is 0.317 e. The number of urea groups is 1. The van der Waals surface area contributed by atoms with E-state index >= 15 is 0 Å². The first-order chi connectivity index (χ1) is 9.63. The van der Waals surface area contributed by atoms with Crippen molar-refractivity contribution in [2.24, 2.45) is 5.92 Å². The van der Waals surface area contributed by atoms with Crippen LogP contribution in [0.3, 0.4) is 0 Å². The standard InChI is InChI=1S/C14H26N2O3S/c1-2-3-12(4-5-13(17)18)6-7-15-14(19)16-8-10-20-11-9-16/h12H,2-11H2,1H3,(H,15,19)(H,17,18). The summed E-state index contributed by atoms with van der Waals surface area (Å²) in [6.45, 7) is 4.41. The Kier molecular flexibility index (Phi) is 8.49. The third-order valence-corrected chi connectivity index (χ3v) is 4.53. The van der Waals surface area contributed by atoms with Crippen LogP contribution in [0.15, 0.2) is 0 Å². The minimum Gasteiger partial charge on any atom is -0.481 e. The Balaban J connectivity index is 2.21. The molecule has 0 aromatic heterocycles. The summed E-state index contributed by atoms with van der Waals surface area (Å²) in [5, 5.41) is 11.7. The molecule has 1 rings (SSSR count). The van der Waals surface area contributed by atoms with Crippen LogP contribution in [0.5, 0.6) is 0 Å². The molecule has 0 bridgehead atoms. The Hall–Kier alpha value is -0.910. The molecule has 0 aromatic rings. The van der Waals surface area contributed by atoms with E-state index in [1.54, 1.807) is 0 Å². The van der Waals surface area contributed by atoms with Gasteiger partial charge in [-0.15, -0.1) is 0 Å². The van der Waals surface area contributed by atoms with Gasteiger partial charge >= 0.3 is 12.0 Å². The molecule has 116 valence electrons. The maximum absolute atomic E-state index is 11.9. The Bertz CT molecular complexity index is 307. The van der Waals surface area contributed by atoms with Gasteiger partial charge < -0.3 is 15.3 Å². The van der Waals surface area contributed by atoms with Crippen molar-refractivity contribution in [1.82, 2.24) is 10.2 Å². The molecule has 0 spiro atoms. The first kappa shape index (κ1) is 17.1. The number of amides is 2. The van der Waals surface area contributed by atoms with Gasteiger partial charge in [-0.05, 0) is 18.8 Å². The molecule has 20 heavy (non-hydrogen) atoms. The van der Waals surface area contributed by atoms with Gasteiger partial charge in [-0.3, -0.25) is 4.79 Å². The van der Waals surface area contributed by atoms with Gasteiger partial charge in [-0.25, -0.2) is 4.79 Å². The summed E-state index contributed by atoms with van der Waals surface area (Å²) in [6.07, 6.45) is 3.89. The van der Waals surface area contributed by atoms with Gasteiger partial charge in [-0.2, -0.15) is 11.8 Å². The van der Waals surface area contributed by atoms with Gasteiger partial charge in [0.15, 0.2) is 0 Å². The van der Waals surface area contributed by atoms with E-state index in [0.29, 0.717) is 18.9 Å². The monoisotopic (exact) mass is 302 g/mol. The molecule has 2 amide bonds. The van der Waals surface area contributed by atoms with E-state index in [0.717, 1.165) is 43.9 Å². The SMILES string of the molecule is CCCC(CCNC(=O)N1CCSCC1)CCC(=O)O. The summed E-state index contributed by atoms with van der Waals surface area (Å²) in [5.41, 5.74) is 0. The number of nitrogens with zero attached hydrogens (tertiary/aromatic N) is 1. The smallest absolute Gasteiger partial charge is 0.317 e. The van der Waals surface area contributed by atoms with E-state index in [2.05, 4.69) is 12.2 Å². The lowest BCUT2D eigenvalue weighted by molar-refractivity contribution is -0.137. The van der Waals surface area contributed by atoms with Crippen molar-refractivity contribution in [2.45, 2.75) is 39.0 Å². The van der Waals surface area contributed by atoms with E-state index in [9.17, 15) is 9.59 Å². The number of thioether (sulfide) groups is 1. The number of carboxylic acid groups (broad SMARTS) is 1. The lowest BCUT2D eigenvalue weighted by atomic mass is 9.94. The minimum atomic E-state index is -0.735. The predicted octanol–water partition coefficient (Wildman–Crippen LogP) is 2.42. The second kappa shape index (κ2) is 9.91. The van der Waals surface area contributed by atoms with Crippen molar-refractivity contribution in [3.63, 3.8) is 0 Å². The average molecular weight is 302 g/mol. The molecule has 1 saturated heterocycles. The summed E-state index contributed by atoms with van der Waals surface area (Å²) in [5.74, 6) is 1.70. The second-order valence-corrected chi connectivity index (χ2v) is 6.43. The van der Waals surface area contributed by atoms with E-state index in [1.807, 2.05) is 16.7 Å². The molecule has 1 aliphatic heterocycles.